The van der Waals surface area contributed by atoms with Crippen LogP contribution in [0.5, 0.6) is 0 Å². The number of carbonyl (C=O) groups excluding carboxylic acids is 2. The van der Waals surface area contributed by atoms with E-state index in [2.05, 4.69) is 10.2 Å². The van der Waals surface area contributed by atoms with Crippen LogP contribution in [0, 0.1) is 12.8 Å². The van der Waals surface area contributed by atoms with E-state index in [1.807, 2.05) is 26.0 Å². The molecule has 25 heavy (non-hydrogen) atoms. The van der Waals surface area contributed by atoms with Crippen LogP contribution in [-0.2, 0) is 14.3 Å². The second-order valence-electron chi connectivity index (χ2n) is 6.69. The van der Waals surface area contributed by atoms with E-state index < -0.39 is 0 Å². The molecule has 2 saturated heterocycles. The van der Waals surface area contributed by atoms with E-state index in [0.29, 0.717) is 39.3 Å². The molecule has 3 rings (SSSR count). The molecule has 0 unspecified atom stereocenters. The highest BCUT2D eigenvalue weighted by Crippen LogP contribution is 2.24. The number of morpholine rings is 1. The number of nitrogens with one attached hydrogen (secondary N) is 1. The predicted molar refractivity (Wildman–Crippen MR) is 91.9 cm³/mol. The van der Waals surface area contributed by atoms with Crippen molar-refractivity contribution in [3.05, 3.63) is 23.7 Å². The number of hydrogen-bond acceptors (Lipinski definition) is 5. The molecule has 2 aliphatic rings. The van der Waals surface area contributed by atoms with E-state index in [0.717, 1.165) is 24.6 Å². The zero-order valence-corrected chi connectivity index (χ0v) is 15.0. The van der Waals surface area contributed by atoms with Gasteiger partial charge in [-0.3, -0.25) is 14.5 Å². The van der Waals surface area contributed by atoms with Gasteiger partial charge in [-0.1, -0.05) is 0 Å². The van der Waals surface area contributed by atoms with Gasteiger partial charge in [0.1, 0.15) is 11.5 Å². The lowest BCUT2D eigenvalue weighted by atomic mass is 10.1. The van der Waals surface area contributed by atoms with Gasteiger partial charge in [-0.05, 0) is 26.0 Å². The minimum absolute atomic E-state index is 0.0130. The van der Waals surface area contributed by atoms with Crippen molar-refractivity contribution in [2.45, 2.75) is 26.3 Å². The fraction of sp³-hybridized carbons (Fsp3) is 0.667. The van der Waals surface area contributed by atoms with Crippen LogP contribution in [-0.4, -0.2) is 67.6 Å². The fourth-order valence-corrected chi connectivity index (χ4v) is 3.53. The van der Waals surface area contributed by atoms with Gasteiger partial charge in [0.05, 0.1) is 25.2 Å². The summed E-state index contributed by atoms with van der Waals surface area (Å²) < 4.78 is 11.2. The van der Waals surface area contributed by atoms with E-state index in [1.54, 1.807) is 4.90 Å². The van der Waals surface area contributed by atoms with Gasteiger partial charge in [0.2, 0.25) is 11.8 Å². The summed E-state index contributed by atoms with van der Waals surface area (Å²) >= 11 is 0. The Morgan fingerprint density at radius 1 is 1.36 bits per heavy atom. The molecule has 0 saturated carbocycles. The summed E-state index contributed by atoms with van der Waals surface area (Å²) in [7, 11) is 0. The molecule has 1 N–H and O–H groups in total. The molecule has 138 valence electrons. The van der Waals surface area contributed by atoms with Gasteiger partial charge < -0.3 is 19.4 Å². The number of furan rings is 1. The number of likely N-dealkylation sites (tertiary alicyclic amines) is 1. The van der Waals surface area contributed by atoms with Crippen molar-refractivity contribution in [3.63, 3.8) is 0 Å². The van der Waals surface area contributed by atoms with E-state index in [-0.39, 0.29) is 23.8 Å². The Bertz CT molecular complexity index is 609. The lowest BCUT2D eigenvalue weighted by Crippen LogP contribution is -2.44. The van der Waals surface area contributed by atoms with Gasteiger partial charge in [0.15, 0.2) is 0 Å². The standard InChI is InChI=1S/C18H27N3O4/c1-3-20-12-14(10-17(20)22)18(23)19-11-15(16-5-4-13(2)25-16)21-6-8-24-9-7-21/h4-5,14-15H,3,6-12H2,1-2H3,(H,19,23)/t14-,15-/m0/s1. The van der Waals surface area contributed by atoms with Gasteiger partial charge in [-0.25, -0.2) is 0 Å². The molecule has 7 nitrogen and oxygen atoms in total. The third kappa shape index (κ3) is 4.22. The first-order valence-electron chi connectivity index (χ1n) is 9.02. The number of carbonyl (C=O) groups is 2. The Kier molecular flexibility index (Phi) is 5.75. The van der Waals surface area contributed by atoms with E-state index >= 15 is 0 Å². The van der Waals surface area contributed by atoms with E-state index in [1.165, 1.54) is 0 Å². The van der Waals surface area contributed by atoms with E-state index in [4.69, 9.17) is 9.15 Å². The molecule has 0 aromatic carbocycles. The molecule has 2 atom stereocenters. The first kappa shape index (κ1) is 17.9. The van der Waals surface area contributed by atoms with Crippen molar-refractivity contribution >= 4 is 11.8 Å². The average molecular weight is 349 g/mol. The average Bonchev–Trinajstić information content (AvgIpc) is 3.21. The largest absolute Gasteiger partial charge is 0.465 e. The predicted octanol–water partition coefficient (Wildman–Crippen LogP) is 0.946. The molecule has 2 fully saturated rings. The van der Waals surface area contributed by atoms with Crippen molar-refractivity contribution in [1.29, 1.82) is 0 Å². The molecule has 2 amide bonds. The molecule has 1 aromatic heterocycles. The van der Waals surface area contributed by atoms with Gasteiger partial charge in [-0.15, -0.1) is 0 Å². The number of ether oxygens (including phenoxy) is 1. The highest BCUT2D eigenvalue weighted by molar-refractivity contribution is 5.89. The molecule has 1 aromatic rings. The van der Waals surface area contributed by atoms with Gasteiger partial charge in [0, 0.05) is 39.1 Å². The van der Waals surface area contributed by atoms with Gasteiger partial charge >= 0.3 is 0 Å². The topological polar surface area (TPSA) is 75.0 Å². The van der Waals surface area contributed by atoms with Crippen LogP contribution in [0.2, 0.25) is 0 Å². The summed E-state index contributed by atoms with van der Waals surface area (Å²) in [5.74, 6) is 1.48. The number of hydrogen-bond donors (Lipinski definition) is 1. The third-order valence-corrected chi connectivity index (χ3v) is 5.01. The lowest BCUT2D eigenvalue weighted by molar-refractivity contribution is -0.129. The first-order chi connectivity index (χ1) is 12.1. The third-order valence-electron chi connectivity index (χ3n) is 5.01. The second-order valence-corrected chi connectivity index (χ2v) is 6.69. The minimum Gasteiger partial charge on any atom is -0.465 e. The van der Waals surface area contributed by atoms with Gasteiger partial charge in [-0.2, -0.15) is 0 Å². The van der Waals surface area contributed by atoms with Crippen LogP contribution >= 0.6 is 0 Å². The van der Waals surface area contributed by atoms with Crippen molar-refractivity contribution in [2.24, 2.45) is 5.92 Å². The Labute approximate surface area is 148 Å². The second kappa shape index (κ2) is 8.01. The molecule has 7 heteroatoms. The molecule has 0 spiro atoms. The SMILES string of the molecule is CCN1C[C@@H](C(=O)NC[C@@H](c2ccc(C)o2)N2CCOCC2)CC1=O. The zero-order chi connectivity index (χ0) is 17.8. The molecule has 0 radical (unpaired) electrons. The lowest BCUT2D eigenvalue weighted by Gasteiger charge is -2.33. The summed E-state index contributed by atoms with van der Waals surface area (Å²) in [4.78, 5) is 28.4. The van der Waals surface area contributed by atoms with Crippen molar-refractivity contribution in [1.82, 2.24) is 15.1 Å². The Hall–Kier alpha value is -1.86. The minimum atomic E-state index is -0.254. The van der Waals surface area contributed by atoms with Crippen molar-refractivity contribution in [3.8, 4) is 0 Å². The van der Waals surface area contributed by atoms with E-state index in [9.17, 15) is 9.59 Å². The van der Waals surface area contributed by atoms with Crippen molar-refractivity contribution < 1.29 is 18.7 Å². The highest BCUT2D eigenvalue weighted by Gasteiger charge is 2.34. The summed E-state index contributed by atoms with van der Waals surface area (Å²) in [6.07, 6.45) is 0.307. The number of amides is 2. The molecule has 2 aliphatic heterocycles. The molecule has 0 bridgehead atoms. The van der Waals surface area contributed by atoms with Crippen LogP contribution in [0.25, 0.3) is 0 Å². The van der Waals surface area contributed by atoms with Crippen LogP contribution in [0.1, 0.15) is 30.9 Å². The zero-order valence-electron chi connectivity index (χ0n) is 15.0. The quantitative estimate of drug-likeness (QED) is 0.827. The number of rotatable bonds is 6. The van der Waals surface area contributed by atoms with Crippen molar-refractivity contribution in [2.75, 3.05) is 45.9 Å². The van der Waals surface area contributed by atoms with Crippen LogP contribution < -0.4 is 5.32 Å². The Morgan fingerprint density at radius 3 is 2.72 bits per heavy atom. The van der Waals surface area contributed by atoms with Crippen LogP contribution in [0.3, 0.4) is 0 Å². The summed E-state index contributed by atoms with van der Waals surface area (Å²) in [6.45, 7) is 8.50. The maximum absolute atomic E-state index is 12.5. The van der Waals surface area contributed by atoms with Gasteiger partial charge in [0.25, 0.3) is 0 Å². The normalized spacial score (nSPS) is 23.0. The smallest absolute Gasteiger partial charge is 0.225 e. The Morgan fingerprint density at radius 2 is 2.12 bits per heavy atom. The summed E-state index contributed by atoms with van der Waals surface area (Å²) in [6, 6.07) is 3.90. The molecule has 3 heterocycles. The Balaban J connectivity index is 1.62. The highest BCUT2D eigenvalue weighted by atomic mass is 16.5. The summed E-state index contributed by atoms with van der Waals surface area (Å²) in [5.41, 5.74) is 0. The van der Waals surface area contributed by atoms with Crippen LogP contribution in [0.4, 0.5) is 0 Å². The molecular weight excluding hydrogens is 322 g/mol. The summed E-state index contributed by atoms with van der Waals surface area (Å²) in [5, 5.41) is 3.03. The maximum Gasteiger partial charge on any atom is 0.225 e. The number of nitrogens with zero attached hydrogens (tertiary/aromatic N) is 2. The molecular formula is C18H27N3O4. The molecule has 0 aliphatic carbocycles. The first-order valence-corrected chi connectivity index (χ1v) is 9.02. The number of aryl methyl sites for hydroxylation is 1. The maximum atomic E-state index is 12.5. The fourth-order valence-electron chi connectivity index (χ4n) is 3.53. The van der Waals surface area contributed by atoms with Crippen LogP contribution in [0.15, 0.2) is 16.5 Å². The monoisotopic (exact) mass is 349 g/mol.